The molecule has 2 rings (SSSR count). The molecule has 0 saturated heterocycles. The summed E-state index contributed by atoms with van der Waals surface area (Å²) in [5.74, 6) is -2.06. The highest BCUT2D eigenvalue weighted by Gasteiger charge is 2.33. The number of nitrogens with one attached hydrogen (secondary N) is 1. The number of carboxylic acids is 1. The molecule has 9 nitrogen and oxygen atoms in total. The van der Waals surface area contributed by atoms with Crippen molar-refractivity contribution in [2.45, 2.75) is 32.2 Å². The topological polar surface area (TPSA) is 127 Å². The van der Waals surface area contributed by atoms with E-state index in [4.69, 9.17) is 0 Å². The second-order valence-electron chi connectivity index (χ2n) is 5.83. The van der Waals surface area contributed by atoms with Gasteiger partial charge in [0, 0.05) is 13.5 Å². The van der Waals surface area contributed by atoms with E-state index in [0.29, 0.717) is 12.8 Å². The maximum absolute atomic E-state index is 12.6. The van der Waals surface area contributed by atoms with Crippen LogP contribution in [-0.2, 0) is 24.7 Å². The number of carbonyl (C=O) groups is 2. The molecule has 1 heterocycles. The average Bonchev–Trinajstić information content (AvgIpc) is 2.91. The van der Waals surface area contributed by atoms with Crippen molar-refractivity contribution in [3.05, 3.63) is 57.4 Å². The average molecular weight is 360 g/mol. The third kappa shape index (κ3) is 4.24. The van der Waals surface area contributed by atoms with Crippen LogP contribution in [0.2, 0.25) is 0 Å². The van der Waals surface area contributed by atoms with Crippen LogP contribution in [0.25, 0.3) is 0 Å². The van der Waals surface area contributed by atoms with Gasteiger partial charge < -0.3 is 10.4 Å². The Kier molecular flexibility index (Phi) is 6.05. The highest BCUT2D eigenvalue weighted by molar-refractivity contribution is 5.99. The zero-order valence-corrected chi connectivity index (χ0v) is 14.5. The number of carboxylic acid groups (broad SMARTS) is 1. The smallest absolute Gasteiger partial charge is 0.326 e. The van der Waals surface area contributed by atoms with Gasteiger partial charge in [-0.3, -0.25) is 19.6 Å². The standard InChI is InChI=1S/C17H20N4O5/c1-3-7-12-14(21(25)26)15(20(2)19-12)16(22)18-13(17(23)24)10-11-8-5-4-6-9-11/h4-6,8-9,13H,3,7,10H2,1-2H3,(H,18,22)(H,23,24). The van der Waals surface area contributed by atoms with Crippen LogP contribution in [0.5, 0.6) is 0 Å². The minimum atomic E-state index is -1.22. The maximum atomic E-state index is 12.6. The molecule has 1 aromatic carbocycles. The molecule has 9 heteroatoms. The van der Waals surface area contributed by atoms with Crippen LogP contribution in [-0.4, -0.2) is 37.7 Å². The number of hydrogen-bond donors (Lipinski definition) is 2. The van der Waals surface area contributed by atoms with Gasteiger partial charge in [-0.2, -0.15) is 5.10 Å². The van der Waals surface area contributed by atoms with Crippen LogP contribution >= 0.6 is 0 Å². The van der Waals surface area contributed by atoms with E-state index < -0.39 is 22.8 Å². The van der Waals surface area contributed by atoms with Crippen molar-refractivity contribution in [1.29, 1.82) is 0 Å². The van der Waals surface area contributed by atoms with E-state index in [1.165, 1.54) is 7.05 Å². The molecule has 0 aliphatic heterocycles. The number of nitro groups is 1. The van der Waals surface area contributed by atoms with Crippen molar-refractivity contribution in [2.24, 2.45) is 7.05 Å². The van der Waals surface area contributed by atoms with Gasteiger partial charge in [0.2, 0.25) is 5.69 Å². The molecule has 1 atom stereocenters. The van der Waals surface area contributed by atoms with E-state index in [2.05, 4.69) is 10.4 Å². The fourth-order valence-electron chi connectivity index (χ4n) is 2.70. The summed E-state index contributed by atoms with van der Waals surface area (Å²) < 4.78 is 1.12. The summed E-state index contributed by atoms with van der Waals surface area (Å²) in [6.45, 7) is 1.85. The molecule has 2 aromatic rings. The summed E-state index contributed by atoms with van der Waals surface area (Å²) in [7, 11) is 1.42. The summed E-state index contributed by atoms with van der Waals surface area (Å²) in [5, 5.41) is 27.2. The van der Waals surface area contributed by atoms with Crippen molar-refractivity contribution in [2.75, 3.05) is 0 Å². The first-order chi connectivity index (χ1) is 12.3. The van der Waals surface area contributed by atoms with Gasteiger partial charge in [-0.25, -0.2) is 4.79 Å². The number of carbonyl (C=O) groups excluding carboxylic acids is 1. The number of hydrogen-bond acceptors (Lipinski definition) is 5. The van der Waals surface area contributed by atoms with E-state index in [1.54, 1.807) is 30.3 Å². The van der Waals surface area contributed by atoms with Crippen LogP contribution in [0.1, 0.15) is 35.1 Å². The molecular formula is C17H20N4O5. The second-order valence-corrected chi connectivity index (χ2v) is 5.83. The monoisotopic (exact) mass is 360 g/mol. The quantitative estimate of drug-likeness (QED) is 0.545. The van der Waals surface area contributed by atoms with E-state index in [0.717, 1.165) is 10.2 Å². The number of aliphatic carboxylic acids is 1. The van der Waals surface area contributed by atoms with Gasteiger partial charge in [-0.05, 0) is 12.0 Å². The molecule has 0 spiro atoms. The summed E-state index contributed by atoms with van der Waals surface area (Å²) in [6, 6.07) is 7.60. The Morgan fingerprint density at radius 3 is 2.54 bits per heavy atom. The van der Waals surface area contributed by atoms with Crippen LogP contribution < -0.4 is 5.32 Å². The number of nitrogens with zero attached hydrogens (tertiary/aromatic N) is 3. The number of rotatable bonds is 8. The van der Waals surface area contributed by atoms with Crippen LogP contribution in [0.4, 0.5) is 5.69 Å². The molecule has 0 aliphatic carbocycles. The van der Waals surface area contributed by atoms with Gasteiger partial charge in [-0.1, -0.05) is 43.7 Å². The molecule has 2 N–H and O–H groups in total. The van der Waals surface area contributed by atoms with Crippen LogP contribution in [0, 0.1) is 10.1 Å². The van der Waals surface area contributed by atoms with Crippen molar-refractivity contribution < 1.29 is 19.6 Å². The second kappa shape index (κ2) is 8.24. The fourth-order valence-corrected chi connectivity index (χ4v) is 2.70. The van der Waals surface area contributed by atoms with Crippen LogP contribution in [0.15, 0.2) is 30.3 Å². The molecule has 1 unspecified atom stereocenters. The van der Waals surface area contributed by atoms with E-state index in [9.17, 15) is 24.8 Å². The third-order valence-corrected chi connectivity index (χ3v) is 3.86. The minimum Gasteiger partial charge on any atom is -0.480 e. The van der Waals surface area contributed by atoms with Crippen molar-refractivity contribution in [3.8, 4) is 0 Å². The lowest BCUT2D eigenvalue weighted by Gasteiger charge is -2.14. The Labute approximate surface area is 149 Å². The molecule has 0 fully saturated rings. The van der Waals surface area contributed by atoms with Crippen molar-refractivity contribution >= 4 is 17.6 Å². The number of amides is 1. The van der Waals surface area contributed by atoms with Crippen LogP contribution in [0.3, 0.4) is 0 Å². The Bertz CT molecular complexity index is 816. The van der Waals surface area contributed by atoms with Crippen molar-refractivity contribution in [1.82, 2.24) is 15.1 Å². The van der Waals surface area contributed by atoms with E-state index in [-0.39, 0.29) is 23.5 Å². The predicted octanol–water partition coefficient (Wildman–Crippen LogP) is 1.71. The maximum Gasteiger partial charge on any atom is 0.326 e. The Morgan fingerprint density at radius 1 is 1.35 bits per heavy atom. The number of aromatic nitrogens is 2. The highest BCUT2D eigenvalue weighted by Crippen LogP contribution is 2.24. The van der Waals surface area contributed by atoms with Gasteiger partial charge in [0.15, 0.2) is 0 Å². The van der Waals surface area contributed by atoms with Crippen molar-refractivity contribution in [3.63, 3.8) is 0 Å². The van der Waals surface area contributed by atoms with Gasteiger partial charge in [0.05, 0.1) is 4.92 Å². The first-order valence-electron chi connectivity index (χ1n) is 8.13. The molecule has 1 amide bonds. The minimum absolute atomic E-state index is 0.0649. The largest absolute Gasteiger partial charge is 0.480 e. The molecular weight excluding hydrogens is 340 g/mol. The normalized spacial score (nSPS) is 11.8. The summed E-state index contributed by atoms with van der Waals surface area (Å²) in [5.41, 5.74) is 0.305. The summed E-state index contributed by atoms with van der Waals surface area (Å²) >= 11 is 0. The molecule has 0 bridgehead atoms. The Hall–Kier alpha value is -3.23. The zero-order valence-electron chi connectivity index (χ0n) is 14.5. The molecule has 0 radical (unpaired) electrons. The van der Waals surface area contributed by atoms with Gasteiger partial charge >= 0.3 is 11.7 Å². The molecule has 138 valence electrons. The molecule has 0 saturated carbocycles. The van der Waals surface area contributed by atoms with Gasteiger partial charge in [-0.15, -0.1) is 0 Å². The van der Waals surface area contributed by atoms with E-state index in [1.807, 2.05) is 6.92 Å². The summed E-state index contributed by atoms with van der Waals surface area (Å²) in [4.78, 5) is 34.8. The summed E-state index contributed by atoms with van der Waals surface area (Å²) in [6.07, 6.45) is 1.05. The lowest BCUT2D eigenvalue weighted by atomic mass is 10.1. The SMILES string of the molecule is CCCc1nn(C)c(C(=O)NC(Cc2ccccc2)C(=O)O)c1[N+](=O)[O-]. The Balaban J connectivity index is 2.29. The van der Waals surface area contributed by atoms with Gasteiger partial charge in [0.25, 0.3) is 5.91 Å². The fraction of sp³-hybridized carbons (Fsp3) is 0.353. The molecule has 0 aliphatic rings. The highest BCUT2D eigenvalue weighted by atomic mass is 16.6. The Morgan fingerprint density at radius 2 is 2.00 bits per heavy atom. The predicted molar refractivity (Wildman–Crippen MR) is 92.9 cm³/mol. The van der Waals surface area contributed by atoms with E-state index >= 15 is 0 Å². The lowest BCUT2D eigenvalue weighted by molar-refractivity contribution is -0.385. The lowest BCUT2D eigenvalue weighted by Crippen LogP contribution is -2.43. The zero-order chi connectivity index (χ0) is 19.3. The number of aryl methyl sites for hydroxylation is 2. The first kappa shape index (κ1) is 19.1. The van der Waals surface area contributed by atoms with Gasteiger partial charge in [0.1, 0.15) is 11.7 Å². The molecule has 26 heavy (non-hydrogen) atoms. The third-order valence-electron chi connectivity index (χ3n) is 3.86. The molecule has 1 aromatic heterocycles. The number of benzene rings is 1. The first-order valence-corrected chi connectivity index (χ1v) is 8.13.